The number of aromatic nitrogens is 4. The molecule has 0 atom stereocenters. The molecule has 1 aliphatic heterocycles. The summed E-state index contributed by atoms with van der Waals surface area (Å²) >= 11 is 0. The van der Waals surface area contributed by atoms with Crippen LogP contribution in [0.15, 0.2) is 79.4 Å². The normalized spacial score (nSPS) is 13.7. The molecule has 0 spiro atoms. The molecule has 1 saturated heterocycles. The molecule has 0 unspecified atom stereocenters. The Kier molecular flexibility index (Phi) is 7.58. The molecule has 3 aromatic heterocycles. The Morgan fingerprint density at radius 3 is 2.47 bits per heavy atom. The Morgan fingerprint density at radius 2 is 1.77 bits per heavy atom. The molecule has 4 heterocycles. The van der Waals surface area contributed by atoms with Crippen LogP contribution in [0, 0.1) is 6.92 Å². The van der Waals surface area contributed by atoms with Gasteiger partial charge in [0, 0.05) is 78.7 Å². The van der Waals surface area contributed by atoms with E-state index >= 15 is 0 Å². The van der Waals surface area contributed by atoms with Gasteiger partial charge in [-0.25, -0.2) is 9.97 Å². The summed E-state index contributed by atoms with van der Waals surface area (Å²) in [5.41, 5.74) is 7.68. The molecule has 1 fully saturated rings. The van der Waals surface area contributed by atoms with Gasteiger partial charge >= 0.3 is 0 Å². The number of rotatable bonds is 6. The lowest BCUT2D eigenvalue weighted by atomic mass is 9.91. The van der Waals surface area contributed by atoms with Gasteiger partial charge in [-0.1, -0.05) is 32.9 Å². The molecule has 6 rings (SSSR count). The number of amides is 1. The Morgan fingerprint density at radius 1 is 1.00 bits per heavy atom. The fraction of sp³-hybridized carbons (Fsp3) is 0.294. The number of carbonyl (C=O) groups is 1. The number of morpholine rings is 1. The van der Waals surface area contributed by atoms with E-state index in [4.69, 9.17) is 9.72 Å². The van der Waals surface area contributed by atoms with Crippen LogP contribution in [0.3, 0.4) is 0 Å². The van der Waals surface area contributed by atoms with Gasteiger partial charge in [-0.2, -0.15) is 0 Å². The van der Waals surface area contributed by atoms with Gasteiger partial charge in [-0.15, -0.1) is 0 Å². The molecule has 9 heteroatoms. The zero-order valence-corrected chi connectivity index (χ0v) is 25.3. The number of fused-ring (bicyclic) bond motifs is 1. The number of benzene rings is 2. The fourth-order valence-corrected chi connectivity index (χ4v) is 5.32. The summed E-state index contributed by atoms with van der Waals surface area (Å²) in [5, 5.41) is 3.07. The molecule has 0 saturated carbocycles. The highest BCUT2D eigenvalue weighted by atomic mass is 16.5. The van der Waals surface area contributed by atoms with Crippen LogP contribution in [0.2, 0.25) is 0 Å². The molecule has 220 valence electrons. The van der Waals surface area contributed by atoms with Crippen molar-refractivity contribution in [1.82, 2.24) is 19.4 Å². The third-order valence-corrected chi connectivity index (χ3v) is 7.94. The highest BCUT2D eigenvalue weighted by molar-refractivity contribution is 6.04. The van der Waals surface area contributed by atoms with Gasteiger partial charge in [0.05, 0.1) is 24.5 Å². The van der Waals surface area contributed by atoms with Crippen molar-refractivity contribution >= 4 is 34.4 Å². The molecule has 0 radical (unpaired) electrons. The molecule has 0 aliphatic carbocycles. The van der Waals surface area contributed by atoms with E-state index in [0.29, 0.717) is 5.56 Å². The number of anilines is 4. The number of nitrogens with one attached hydrogen (secondary N) is 1. The van der Waals surface area contributed by atoms with Crippen LogP contribution in [0.25, 0.3) is 16.9 Å². The standard InChI is InChI=1S/C34H37N7O2/c1-23-27(7-6-8-28(23)38-33(42)24-9-14-30(36-21-24)34(2,3)4)29-22-41-16-15-35-31(41)32(37-29)39(5)25-10-12-26(13-11-25)40-17-19-43-20-18-40/h6-16,21-22H,17-20H2,1-5H3,(H,38,42). The minimum Gasteiger partial charge on any atom is -0.378 e. The quantitative estimate of drug-likeness (QED) is 0.256. The van der Waals surface area contributed by atoms with Gasteiger partial charge < -0.3 is 24.3 Å². The van der Waals surface area contributed by atoms with Crippen LogP contribution in [0.4, 0.5) is 22.9 Å². The molecular weight excluding hydrogens is 538 g/mol. The molecule has 1 aliphatic rings. The first kappa shape index (κ1) is 28.4. The monoisotopic (exact) mass is 575 g/mol. The minimum atomic E-state index is -0.202. The molecule has 1 N–H and O–H groups in total. The summed E-state index contributed by atoms with van der Waals surface area (Å²) in [5.74, 6) is 0.535. The summed E-state index contributed by atoms with van der Waals surface area (Å²) in [7, 11) is 2.01. The summed E-state index contributed by atoms with van der Waals surface area (Å²) in [4.78, 5) is 31.8. The second-order valence-electron chi connectivity index (χ2n) is 11.9. The van der Waals surface area contributed by atoms with E-state index in [2.05, 4.69) is 70.1 Å². The number of imidazole rings is 1. The number of ether oxygens (including phenoxy) is 1. The largest absolute Gasteiger partial charge is 0.378 e. The Labute approximate surface area is 252 Å². The third-order valence-electron chi connectivity index (χ3n) is 7.94. The van der Waals surface area contributed by atoms with E-state index in [0.717, 1.165) is 71.7 Å². The number of carbonyl (C=O) groups excluding carboxylic acids is 1. The minimum absolute atomic E-state index is 0.0808. The first-order valence-electron chi connectivity index (χ1n) is 14.6. The van der Waals surface area contributed by atoms with Crippen LogP contribution in [0.1, 0.15) is 42.4 Å². The van der Waals surface area contributed by atoms with Crippen molar-refractivity contribution in [1.29, 1.82) is 0 Å². The molecule has 9 nitrogen and oxygen atoms in total. The summed E-state index contributed by atoms with van der Waals surface area (Å²) in [6, 6.07) is 18.1. The summed E-state index contributed by atoms with van der Waals surface area (Å²) in [6.07, 6.45) is 7.32. The number of hydrogen-bond acceptors (Lipinski definition) is 7. The van der Waals surface area contributed by atoms with E-state index in [1.165, 1.54) is 5.69 Å². The van der Waals surface area contributed by atoms with Crippen LogP contribution < -0.4 is 15.1 Å². The zero-order chi connectivity index (χ0) is 30.1. The second-order valence-corrected chi connectivity index (χ2v) is 11.9. The van der Waals surface area contributed by atoms with Gasteiger partial charge in [0.1, 0.15) is 0 Å². The summed E-state index contributed by atoms with van der Waals surface area (Å²) in [6.45, 7) is 11.6. The Bertz CT molecular complexity index is 1750. The van der Waals surface area contributed by atoms with Crippen LogP contribution in [-0.4, -0.2) is 58.6 Å². The van der Waals surface area contributed by atoms with Crippen molar-refractivity contribution in [2.45, 2.75) is 33.1 Å². The average molecular weight is 576 g/mol. The van der Waals surface area contributed by atoms with Crippen molar-refractivity contribution in [2.75, 3.05) is 48.5 Å². The lowest BCUT2D eigenvalue weighted by Gasteiger charge is -2.29. The van der Waals surface area contributed by atoms with Crippen molar-refractivity contribution in [3.05, 3.63) is 96.2 Å². The van der Waals surface area contributed by atoms with Gasteiger partial charge in [-0.3, -0.25) is 9.78 Å². The predicted octanol–water partition coefficient (Wildman–Crippen LogP) is 6.25. The lowest BCUT2D eigenvalue weighted by Crippen LogP contribution is -2.36. The van der Waals surface area contributed by atoms with E-state index in [1.807, 2.05) is 61.1 Å². The zero-order valence-electron chi connectivity index (χ0n) is 25.3. The highest BCUT2D eigenvalue weighted by Gasteiger charge is 2.19. The molecule has 5 aromatic rings. The second kappa shape index (κ2) is 11.5. The maximum absolute atomic E-state index is 13.1. The Balaban J connectivity index is 1.29. The van der Waals surface area contributed by atoms with Crippen molar-refractivity contribution in [3.8, 4) is 11.3 Å². The maximum Gasteiger partial charge on any atom is 0.257 e. The molecule has 1 amide bonds. The van der Waals surface area contributed by atoms with Gasteiger partial charge in [0.15, 0.2) is 11.5 Å². The van der Waals surface area contributed by atoms with Crippen molar-refractivity contribution < 1.29 is 9.53 Å². The number of pyridine rings is 1. The molecule has 0 bridgehead atoms. The third kappa shape index (κ3) is 5.81. The Hall–Kier alpha value is -4.76. The molecular formula is C34H37N7O2. The highest BCUT2D eigenvalue weighted by Crippen LogP contribution is 2.33. The van der Waals surface area contributed by atoms with Gasteiger partial charge in [0.2, 0.25) is 0 Å². The lowest BCUT2D eigenvalue weighted by molar-refractivity contribution is 0.102. The van der Waals surface area contributed by atoms with E-state index in [9.17, 15) is 4.79 Å². The van der Waals surface area contributed by atoms with Crippen molar-refractivity contribution in [2.24, 2.45) is 0 Å². The predicted molar refractivity (Wildman–Crippen MR) is 172 cm³/mol. The van der Waals surface area contributed by atoms with Gasteiger partial charge in [0.25, 0.3) is 5.91 Å². The van der Waals surface area contributed by atoms with Crippen molar-refractivity contribution in [3.63, 3.8) is 0 Å². The number of hydrogen-bond donors (Lipinski definition) is 1. The fourth-order valence-electron chi connectivity index (χ4n) is 5.32. The smallest absolute Gasteiger partial charge is 0.257 e. The SMILES string of the molecule is Cc1c(NC(=O)c2ccc(C(C)(C)C)nc2)cccc1-c1cn2ccnc2c(N(C)c2ccc(N3CCOCC3)cc2)n1. The first-order chi connectivity index (χ1) is 20.7. The van der Waals surface area contributed by atoms with E-state index in [-0.39, 0.29) is 11.3 Å². The van der Waals surface area contributed by atoms with Gasteiger partial charge in [-0.05, 0) is 55.0 Å². The molecule has 2 aromatic carbocycles. The number of nitrogens with zero attached hydrogens (tertiary/aromatic N) is 6. The maximum atomic E-state index is 13.1. The van der Waals surface area contributed by atoms with E-state index in [1.54, 1.807) is 12.4 Å². The van der Waals surface area contributed by atoms with Crippen LogP contribution in [-0.2, 0) is 10.2 Å². The van der Waals surface area contributed by atoms with E-state index < -0.39 is 0 Å². The molecule has 43 heavy (non-hydrogen) atoms. The first-order valence-corrected chi connectivity index (χ1v) is 14.6. The average Bonchev–Trinajstić information content (AvgIpc) is 3.50. The van der Waals surface area contributed by atoms with Crippen LogP contribution >= 0.6 is 0 Å². The summed E-state index contributed by atoms with van der Waals surface area (Å²) < 4.78 is 7.49. The van der Waals surface area contributed by atoms with Crippen LogP contribution in [0.5, 0.6) is 0 Å². The topological polar surface area (TPSA) is 87.9 Å².